The molecule has 1 aliphatic rings. The van der Waals surface area contributed by atoms with Gasteiger partial charge in [-0.3, -0.25) is 4.79 Å². The molecule has 0 aliphatic carbocycles. The lowest BCUT2D eigenvalue weighted by Crippen LogP contribution is -2.86. The number of carbonyl (C=O) groups excluding carboxylic acids is 1. The summed E-state index contributed by atoms with van der Waals surface area (Å²) >= 11 is 7.80. The van der Waals surface area contributed by atoms with Gasteiger partial charge in [0, 0.05) is 16.4 Å². The number of carbonyl (C=O) groups is 1. The number of thiophene rings is 1. The monoisotopic (exact) mass is 347 g/mol. The zero-order valence-electron chi connectivity index (χ0n) is 12.9. The molecule has 0 fully saturated rings. The molecule has 0 bridgehead atoms. The van der Waals surface area contributed by atoms with Crippen molar-refractivity contribution < 1.29 is 10.1 Å². The first-order valence-electron chi connectivity index (χ1n) is 7.74. The maximum atomic E-state index is 12.7. The highest BCUT2D eigenvalue weighted by Crippen LogP contribution is 2.37. The third-order valence-corrected chi connectivity index (χ3v) is 5.37. The first-order valence-corrected chi connectivity index (χ1v) is 9.00. The van der Waals surface area contributed by atoms with Crippen LogP contribution in [0.25, 0.3) is 0 Å². The molecule has 0 spiro atoms. The minimum absolute atomic E-state index is 0.00750. The highest BCUT2D eigenvalue weighted by molar-refractivity contribution is 7.10. The van der Waals surface area contributed by atoms with Crippen LogP contribution in [-0.4, -0.2) is 30.4 Å². The smallest absolute Gasteiger partial charge is 0.278 e. The summed E-state index contributed by atoms with van der Waals surface area (Å²) in [5.41, 5.74) is 2.37. The van der Waals surface area contributed by atoms with Gasteiger partial charge < -0.3 is 10.2 Å². The summed E-state index contributed by atoms with van der Waals surface area (Å²) < 4.78 is 0. The molecule has 1 atom stereocenters. The van der Waals surface area contributed by atoms with E-state index in [1.165, 1.54) is 10.4 Å². The van der Waals surface area contributed by atoms with Crippen molar-refractivity contribution in [2.24, 2.45) is 0 Å². The molecule has 0 unspecified atom stereocenters. The van der Waals surface area contributed by atoms with Crippen LogP contribution < -0.4 is 5.32 Å². The van der Waals surface area contributed by atoms with Crippen molar-refractivity contribution in [1.82, 2.24) is 4.90 Å². The molecule has 1 aromatic heterocycles. The van der Waals surface area contributed by atoms with Crippen molar-refractivity contribution in [1.29, 1.82) is 0 Å². The highest BCUT2D eigenvalue weighted by atomic mass is 35.5. The number of rotatable bonds is 5. The fourth-order valence-corrected chi connectivity index (χ4v) is 4.06. The summed E-state index contributed by atoms with van der Waals surface area (Å²) in [7, 11) is 0. The van der Waals surface area contributed by atoms with Gasteiger partial charge in [-0.1, -0.05) is 30.3 Å². The van der Waals surface area contributed by atoms with Crippen LogP contribution in [0.1, 0.15) is 22.0 Å². The van der Waals surface area contributed by atoms with Crippen molar-refractivity contribution in [3.63, 3.8) is 0 Å². The molecule has 0 saturated carbocycles. The highest BCUT2D eigenvalue weighted by Gasteiger charge is 2.33. The van der Waals surface area contributed by atoms with E-state index in [-0.39, 0.29) is 11.9 Å². The van der Waals surface area contributed by atoms with E-state index in [0.29, 0.717) is 11.6 Å². The van der Waals surface area contributed by atoms with Gasteiger partial charge in [-0.15, -0.1) is 11.3 Å². The Morgan fingerprint density at radius 3 is 2.91 bits per heavy atom. The minimum atomic E-state index is -0.00750. The summed E-state index contributed by atoms with van der Waals surface area (Å²) in [6.45, 7) is 5.67. The lowest BCUT2D eigenvalue weighted by atomic mass is 9.93. The predicted molar refractivity (Wildman–Crippen MR) is 94.9 cm³/mol. The summed E-state index contributed by atoms with van der Waals surface area (Å²) in [4.78, 5) is 16.1. The van der Waals surface area contributed by atoms with E-state index in [1.54, 1.807) is 11.3 Å². The van der Waals surface area contributed by atoms with Gasteiger partial charge in [0.1, 0.15) is 0 Å². The molecule has 2 N–H and O–H groups in total. The summed E-state index contributed by atoms with van der Waals surface area (Å²) in [6.07, 6.45) is 2.75. The Morgan fingerprint density at radius 1 is 1.39 bits per heavy atom. The number of nitrogens with zero attached hydrogens (tertiary/aromatic N) is 1. The SMILES string of the molecule is C=CC[NH2+]CC(=O)N1CCc2sccc2[C@H]1c1ccc(Cl)cc1. The van der Waals surface area contributed by atoms with Gasteiger partial charge in [0.05, 0.1) is 12.6 Å². The van der Waals surface area contributed by atoms with E-state index in [0.717, 1.165) is 25.1 Å². The van der Waals surface area contributed by atoms with Crippen molar-refractivity contribution in [2.45, 2.75) is 12.5 Å². The molecular formula is C18H20ClN2OS+. The van der Waals surface area contributed by atoms with Crippen molar-refractivity contribution in [3.05, 3.63) is 69.4 Å². The summed E-state index contributed by atoms with van der Waals surface area (Å²) in [6, 6.07) is 9.97. The second-order valence-corrected chi connectivity index (χ2v) is 7.04. The van der Waals surface area contributed by atoms with Gasteiger partial charge in [0.2, 0.25) is 0 Å². The summed E-state index contributed by atoms with van der Waals surface area (Å²) in [5.74, 6) is 0.170. The minimum Gasteiger partial charge on any atom is -0.335 e. The van der Waals surface area contributed by atoms with Gasteiger partial charge in [-0.2, -0.15) is 0 Å². The molecule has 3 nitrogen and oxygen atoms in total. The number of halogens is 1. The van der Waals surface area contributed by atoms with E-state index in [1.807, 2.05) is 40.6 Å². The molecule has 2 aromatic rings. The van der Waals surface area contributed by atoms with E-state index >= 15 is 0 Å². The fourth-order valence-electron chi connectivity index (χ4n) is 3.03. The maximum Gasteiger partial charge on any atom is 0.278 e. The molecule has 1 aromatic carbocycles. The van der Waals surface area contributed by atoms with Crippen LogP contribution in [0.2, 0.25) is 5.02 Å². The zero-order chi connectivity index (χ0) is 16.2. The second-order valence-electron chi connectivity index (χ2n) is 5.61. The van der Waals surface area contributed by atoms with Crippen LogP contribution in [-0.2, 0) is 11.2 Å². The van der Waals surface area contributed by atoms with Crippen molar-refractivity contribution >= 4 is 28.8 Å². The zero-order valence-corrected chi connectivity index (χ0v) is 14.4. The molecule has 3 rings (SSSR count). The third kappa shape index (κ3) is 3.50. The van der Waals surface area contributed by atoms with Crippen molar-refractivity contribution in [3.8, 4) is 0 Å². The Bertz CT molecular complexity index is 695. The first-order chi connectivity index (χ1) is 11.2. The second kappa shape index (κ2) is 7.30. The maximum absolute atomic E-state index is 12.7. The lowest BCUT2D eigenvalue weighted by Gasteiger charge is -2.36. The number of nitrogens with two attached hydrogens (primary N) is 1. The molecule has 1 aliphatic heterocycles. The molecule has 1 amide bonds. The lowest BCUT2D eigenvalue weighted by molar-refractivity contribution is -0.635. The van der Waals surface area contributed by atoms with Crippen molar-refractivity contribution in [2.75, 3.05) is 19.6 Å². The first kappa shape index (κ1) is 16.2. The van der Waals surface area contributed by atoms with Crippen LogP contribution >= 0.6 is 22.9 Å². The van der Waals surface area contributed by atoms with Gasteiger partial charge in [0.25, 0.3) is 5.91 Å². The predicted octanol–water partition coefficient (Wildman–Crippen LogP) is 2.63. The van der Waals surface area contributed by atoms with Gasteiger partial charge in [-0.25, -0.2) is 0 Å². The quantitative estimate of drug-likeness (QED) is 0.655. The Labute approximate surface area is 145 Å². The Balaban J connectivity index is 1.90. The number of benzene rings is 1. The normalized spacial score (nSPS) is 16.9. The number of amides is 1. The van der Waals surface area contributed by atoms with E-state index in [2.05, 4.69) is 18.0 Å². The number of fused-ring (bicyclic) bond motifs is 1. The van der Waals surface area contributed by atoms with E-state index < -0.39 is 0 Å². The van der Waals surface area contributed by atoms with Crippen LogP contribution in [0.5, 0.6) is 0 Å². The molecule has 23 heavy (non-hydrogen) atoms. The molecule has 0 radical (unpaired) electrons. The van der Waals surface area contributed by atoms with Gasteiger partial charge >= 0.3 is 0 Å². The number of quaternary nitrogens is 1. The molecular weight excluding hydrogens is 328 g/mol. The molecule has 5 heteroatoms. The Kier molecular flexibility index (Phi) is 5.16. The largest absolute Gasteiger partial charge is 0.335 e. The Hall–Kier alpha value is -1.62. The molecule has 2 heterocycles. The fraction of sp³-hybridized carbons (Fsp3) is 0.278. The Morgan fingerprint density at radius 2 is 2.17 bits per heavy atom. The topological polar surface area (TPSA) is 36.9 Å². The average molecular weight is 348 g/mol. The molecule has 120 valence electrons. The third-order valence-electron chi connectivity index (χ3n) is 4.12. The van der Waals surface area contributed by atoms with E-state index in [4.69, 9.17) is 11.6 Å². The number of hydrogen-bond donors (Lipinski definition) is 1. The average Bonchev–Trinajstić information content (AvgIpc) is 3.03. The summed E-state index contributed by atoms with van der Waals surface area (Å²) in [5, 5.41) is 4.82. The van der Waals surface area contributed by atoms with Gasteiger partial charge in [-0.05, 0) is 47.2 Å². The standard InChI is InChI=1S/C18H19ClN2OS/c1-2-9-20-12-17(22)21-10-7-16-15(8-11-23-16)18(21)13-3-5-14(19)6-4-13/h2-6,8,11,18,20H,1,7,9-10,12H2/p+1/t18-/m1/s1. The number of hydrogen-bond acceptors (Lipinski definition) is 2. The van der Waals surface area contributed by atoms with Crippen LogP contribution in [0, 0.1) is 0 Å². The van der Waals surface area contributed by atoms with Gasteiger partial charge in [0.15, 0.2) is 6.54 Å². The molecule has 0 saturated heterocycles. The van der Waals surface area contributed by atoms with Crippen LogP contribution in [0.3, 0.4) is 0 Å². The van der Waals surface area contributed by atoms with Crippen LogP contribution in [0.4, 0.5) is 0 Å². The van der Waals surface area contributed by atoms with Crippen LogP contribution in [0.15, 0.2) is 48.4 Å². The van der Waals surface area contributed by atoms with E-state index in [9.17, 15) is 4.79 Å².